The molecule has 1 fully saturated rings. The van der Waals surface area contributed by atoms with Crippen LogP contribution in [-0.2, 0) is 15.6 Å². The van der Waals surface area contributed by atoms with Crippen LogP contribution in [0, 0.1) is 11.6 Å². The van der Waals surface area contributed by atoms with Gasteiger partial charge in [-0.25, -0.2) is 32.2 Å². The van der Waals surface area contributed by atoms with Crippen molar-refractivity contribution >= 4 is 26.7 Å². The van der Waals surface area contributed by atoms with E-state index in [1.165, 1.54) is 17.0 Å². The van der Waals surface area contributed by atoms with Crippen molar-refractivity contribution in [3.05, 3.63) is 66.4 Å². The molecule has 0 unspecified atom stereocenters. The molecule has 1 saturated heterocycles. The predicted molar refractivity (Wildman–Crippen MR) is 164 cm³/mol. The predicted octanol–water partition coefficient (Wildman–Crippen LogP) is 4.76. The van der Waals surface area contributed by atoms with E-state index in [1.807, 2.05) is 27.0 Å². The number of benzene rings is 1. The fraction of sp³-hybridized carbons (Fsp3) is 0.452. The van der Waals surface area contributed by atoms with Crippen molar-refractivity contribution in [2.24, 2.45) is 0 Å². The zero-order chi connectivity index (χ0) is 30.9. The van der Waals surface area contributed by atoms with Gasteiger partial charge >= 0.3 is 0 Å². The van der Waals surface area contributed by atoms with Gasteiger partial charge in [0.25, 0.3) is 0 Å². The lowest BCUT2D eigenvalue weighted by Crippen LogP contribution is -2.47. The van der Waals surface area contributed by atoms with Crippen molar-refractivity contribution < 1.29 is 22.3 Å². The Morgan fingerprint density at radius 3 is 2.44 bits per heavy atom. The van der Waals surface area contributed by atoms with E-state index in [0.29, 0.717) is 40.9 Å². The summed E-state index contributed by atoms with van der Waals surface area (Å²) in [5.74, 6) is -1.63. The van der Waals surface area contributed by atoms with Gasteiger partial charge in [-0.05, 0) is 51.3 Å². The van der Waals surface area contributed by atoms with Crippen molar-refractivity contribution in [2.45, 2.75) is 57.4 Å². The number of aromatic nitrogens is 4. The molecule has 12 heteroatoms. The minimum absolute atomic E-state index is 0.0809. The minimum atomic E-state index is -3.56. The first kappa shape index (κ1) is 31.0. The second kappa shape index (κ2) is 12.3. The summed E-state index contributed by atoms with van der Waals surface area (Å²) in [5, 5.41) is 10.2. The maximum atomic E-state index is 15.9. The zero-order valence-corrected chi connectivity index (χ0v) is 25.8. The number of β-amino-alcohol motifs (C(OH)–C–C–N with tert-alkyl or cyclic N) is 1. The third-order valence-electron chi connectivity index (χ3n) is 7.86. The summed E-state index contributed by atoms with van der Waals surface area (Å²) in [6, 6.07) is 6.14. The standard InChI is InChI=1S/C31H38F2N6O3S/c1-5-14-43(41,42)18-21-6-7-25(32)30(28(21)33)39-17-24(22-15-34-20-35-16-22)29-26(39)8-9-27(36-29)37(4)23-10-12-38(13-11-23)19-31(2,3)40/h6-9,15-17,20,23,40H,5,10-14,18-19H2,1-4H3. The number of anilines is 1. The van der Waals surface area contributed by atoms with Gasteiger partial charge in [0.1, 0.15) is 23.6 Å². The minimum Gasteiger partial charge on any atom is -0.389 e. The van der Waals surface area contributed by atoms with Gasteiger partial charge in [-0.15, -0.1) is 0 Å². The van der Waals surface area contributed by atoms with E-state index in [4.69, 9.17) is 4.98 Å². The van der Waals surface area contributed by atoms with Crippen molar-refractivity contribution in [2.75, 3.05) is 37.3 Å². The zero-order valence-electron chi connectivity index (χ0n) is 25.0. The van der Waals surface area contributed by atoms with Crippen LogP contribution in [0.2, 0.25) is 0 Å². The lowest BCUT2D eigenvalue weighted by Gasteiger charge is -2.39. The van der Waals surface area contributed by atoms with Crippen molar-refractivity contribution in [3.63, 3.8) is 0 Å². The van der Waals surface area contributed by atoms with Crippen LogP contribution in [0.5, 0.6) is 0 Å². The third kappa shape index (κ3) is 6.86. The highest BCUT2D eigenvalue weighted by Crippen LogP contribution is 2.35. The van der Waals surface area contributed by atoms with E-state index < -0.39 is 32.8 Å². The molecular formula is C31H38F2N6O3S. The number of aliphatic hydroxyl groups is 1. The quantitative estimate of drug-likeness (QED) is 0.274. The molecule has 4 aromatic rings. The number of halogens is 2. The largest absolute Gasteiger partial charge is 0.389 e. The molecule has 1 aliphatic rings. The highest BCUT2D eigenvalue weighted by Gasteiger charge is 2.28. The molecule has 0 atom stereocenters. The van der Waals surface area contributed by atoms with E-state index >= 15 is 8.78 Å². The highest BCUT2D eigenvalue weighted by atomic mass is 32.2. The molecule has 1 N–H and O–H groups in total. The van der Waals surface area contributed by atoms with Gasteiger partial charge in [-0.2, -0.15) is 0 Å². The van der Waals surface area contributed by atoms with Crippen LogP contribution < -0.4 is 4.90 Å². The van der Waals surface area contributed by atoms with Gasteiger partial charge in [0.15, 0.2) is 15.7 Å². The van der Waals surface area contributed by atoms with E-state index in [2.05, 4.69) is 19.8 Å². The Bertz CT molecular complexity index is 1700. The number of pyridine rings is 1. The molecule has 0 amide bonds. The van der Waals surface area contributed by atoms with Crippen LogP contribution in [0.1, 0.15) is 45.6 Å². The van der Waals surface area contributed by atoms with E-state index in [1.54, 1.807) is 31.6 Å². The Balaban J connectivity index is 1.55. The van der Waals surface area contributed by atoms with Crippen molar-refractivity contribution in [1.29, 1.82) is 0 Å². The average molecular weight is 613 g/mol. The van der Waals surface area contributed by atoms with Crippen molar-refractivity contribution in [1.82, 2.24) is 24.4 Å². The lowest BCUT2D eigenvalue weighted by atomic mass is 10.0. The number of rotatable bonds is 10. The number of hydrogen-bond acceptors (Lipinski definition) is 8. The summed E-state index contributed by atoms with van der Waals surface area (Å²) in [7, 11) is -1.57. The van der Waals surface area contributed by atoms with Crippen LogP contribution in [0.25, 0.3) is 27.8 Å². The Morgan fingerprint density at radius 2 is 1.79 bits per heavy atom. The van der Waals surface area contributed by atoms with Gasteiger partial charge in [0.05, 0.1) is 28.1 Å². The molecule has 3 aromatic heterocycles. The molecule has 1 aliphatic heterocycles. The van der Waals surface area contributed by atoms with Gasteiger partial charge in [-0.1, -0.05) is 13.0 Å². The van der Waals surface area contributed by atoms with Crippen LogP contribution in [0.3, 0.4) is 0 Å². The topological polar surface area (TPSA) is 104 Å². The molecule has 0 bridgehead atoms. The summed E-state index contributed by atoms with van der Waals surface area (Å²) in [6.45, 7) is 7.69. The van der Waals surface area contributed by atoms with Crippen molar-refractivity contribution in [3.8, 4) is 16.8 Å². The van der Waals surface area contributed by atoms with E-state index in [9.17, 15) is 13.5 Å². The molecule has 0 radical (unpaired) electrons. The first-order chi connectivity index (χ1) is 20.4. The molecule has 5 rings (SSSR count). The van der Waals surface area contributed by atoms with Crippen LogP contribution in [0.15, 0.2) is 49.2 Å². The number of nitrogens with zero attached hydrogens (tertiary/aromatic N) is 6. The SMILES string of the molecule is CCCS(=O)(=O)Cc1ccc(F)c(-n2cc(-c3cncnc3)c3nc(N(C)C4CCN(CC(C)(C)O)CC4)ccc32)c1F. The summed E-state index contributed by atoms with van der Waals surface area (Å²) < 4.78 is 57.6. The molecule has 230 valence electrons. The molecule has 0 aliphatic carbocycles. The van der Waals surface area contributed by atoms with Gasteiger partial charge in [-0.3, -0.25) is 0 Å². The summed E-state index contributed by atoms with van der Waals surface area (Å²) in [5.41, 5.74) is 0.993. The maximum Gasteiger partial charge on any atom is 0.154 e. The van der Waals surface area contributed by atoms with Crippen LogP contribution >= 0.6 is 0 Å². The summed E-state index contributed by atoms with van der Waals surface area (Å²) in [6.07, 6.45) is 8.44. The third-order valence-corrected chi connectivity index (χ3v) is 9.64. The monoisotopic (exact) mass is 612 g/mol. The van der Waals surface area contributed by atoms with E-state index in [-0.39, 0.29) is 23.0 Å². The number of piperidine rings is 1. The molecule has 1 aromatic carbocycles. The van der Waals surface area contributed by atoms with E-state index in [0.717, 1.165) is 32.0 Å². The second-order valence-corrected chi connectivity index (χ2v) is 14.2. The van der Waals surface area contributed by atoms with Crippen LogP contribution in [0.4, 0.5) is 14.6 Å². The summed E-state index contributed by atoms with van der Waals surface area (Å²) >= 11 is 0. The van der Waals surface area contributed by atoms with Gasteiger partial charge < -0.3 is 19.5 Å². The fourth-order valence-electron chi connectivity index (χ4n) is 5.86. The van der Waals surface area contributed by atoms with Crippen LogP contribution in [-0.4, -0.2) is 82.0 Å². The molecule has 43 heavy (non-hydrogen) atoms. The average Bonchev–Trinajstić information content (AvgIpc) is 3.33. The Hall–Kier alpha value is -3.48. The number of likely N-dealkylation sites (tertiary alicyclic amines) is 1. The Labute approximate surface area is 251 Å². The fourth-order valence-corrected chi connectivity index (χ4v) is 7.32. The highest BCUT2D eigenvalue weighted by molar-refractivity contribution is 7.90. The number of fused-ring (bicyclic) bond motifs is 1. The number of sulfone groups is 1. The second-order valence-electron chi connectivity index (χ2n) is 12.0. The first-order valence-electron chi connectivity index (χ1n) is 14.5. The number of hydrogen-bond donors (Lipinski definition) is 1. The molecule has 9 nitrogen and oxygen atoms in total. The lowest BCUT2D eigenvalue weighted by molar-refractivity contribution is 0.0282. The van der Waals surface area contributed by atoms with Gasteiger partial charge in [0, 0.05) is 68.0 Å². The molecular weight excluding hydrogens is 574 g/mol. The first-order valence-corrected chi connectivity index (χ1v) is 16.3. The Morgan fingerprint density at radius 1 is 1.09 bits per heavy atom. The smallest absolute Gasteiger partial charge is 0.154 e. The molecule has 0 spiro atoms. The molecule has 4 heterocycles. The summed E-state index contributed by atoms with van der Waals surface area (Å²) in [4.78, 5) is 17.6. The maximum absolute atomic E-state index is 15.9. The normalized spacial score (nSPS) is 15.3. The van der Waals surface area contributed by atoms with Gasteiger partial charge in [0.2, 0.25) is 0 Å². The Kier molecular flexibility index (Phi) is 8.82. The molecule has 0 saturated carbocycles.